The summed E-state index contributed by atoms with van der Waals surface area (Å²) in [5.41, 5.74) is -3.26. The zero-order valence-electron chi connectivity index (χ0n) is 15.6. The molecule has 26 heavy (non-hydrogen) atoms. The largest absolute Gasteiger partial charge is 0.460 e. The molecule has 0 bridgehead atoms. The molecule has 2 rings (SSSR count). The maximum Gasteiger partial charge on any atom is 0.311 e. The summed E-state index contributed by atoms with van der Waals surface area (Å²) in [5, 5.41) is 10.7. The predicted molar refractivity (Wildman–Crippen MR) is 87.0 cm³/mol. The van der Waals surface area contributed by atoms with E-state index in [9.17, 15) is 29.1 Å². The topological polar surface area (TPSA) is 121 Å². The maximum atomic E-state index is 12.7. The number of imide groups is 2. The molecule has 144 valence electrons. The van der Waals surface area contributed by atoms with Crippen LogP contribution in [0.3, 0.4) is 0 Å². The van der Waals surface area contributed by atoms with Crippen LogP contribution >= 0.6 is 0 Å². The number of likely N-dealkylation sites (tertiary alicyclic amines) is 2. The number of nitrogens with zero attached hydrogens (tertiary/aromatic N) is 2. The van der Waals surface area contributed by atoms with Gasteiger partial charge in [-0.1, -0.05) is 0 Å². The first-order chi connectivity index (χ1) is 11.8. The minimum atomic E-state index is -2.52. The van der Waals surface area contributed by atoms with Gasteiger partial charge in [-0.15, -0.1) is 0 Å². The van der Waals surface area contributed by atoms with Gasteiger partial charge in [-0.05, 0) is 34.6 Å². The molecule has 2 aliphatic rings. The van der Waals surface area contributed by atoms with E-state index in [1.807, 2.05) is 0 Å². The van der Waals surface area contributed by atoms with Crippen LogP contribution in [0.25, 0.3) is 0 Å². The van der Waals surface area contributed by atoms with Crippen molar-refractivity contribution in [2.24, 2.45) is 5.92 Å². The number of carbonyl (C=O) groups is 5. The van der Waals surface area contributed by atoms with Crippen molar-refractivity contribution in [3.05, 3.63) is 0 Å². The highest BCUT2D eigenvalue weighted by Crippen LogP contribution is 2.34. The van der Waals surface area contributed by atoms with Crippen LogP contribution in [0.5, 0.6) is 0 Å². The molecule has 2 saturated heterocycles. The van der Waals surface area contributed by atoms with Crippen molar-refractivity contribution < 1.29 is 33.8 Å². The van der Waals surface area contributed by atoms with Crippen molar-refractivity contribution in [3.8, 4) is 0 Å². The lowest BCUT2D eigenvalue weighted by molar-refractivity contribution is -0.178. The van der Waals surface area contributed by atoms with Crippen LogP contribution in [0.1, 0.15) is 53.9 Å². The smallest absolute Gasteiger partial charge is 0.311 e. The van der Waals surface area contributed by atoms with Gasteiger partial charge in [0.2, 0.25) is 23.4 Å². The standard InChI is InChI=1S/C17H24N2O7/c1-9(14(23)26-16(3,4)5)10(2)18-13(22)8-17(25,15(18)24)19-11(20)6-7-12(19)21/h9-10,25H,6-8H2,1-5H3/t9?,10-,17?/m1/s1. The first-order valence-corrected chi connectivity index (χ1v) is 8.47. The fraction of sp³-hybridized carbons (Fsp3) is 0.706. The molecule has 0 saturated carbocycles. The monoisotopic (exact) mass is 368 g/mol. The summed E-state index contributed by atoms with van der Waals surface area (Å²) in [6.45, 7) is 8.06. The van der Waals surface area contributed by atoms with Gasteiger partial charge in [0.15, 0.2) is 0 Å². The molecule has 0 aromatic rings. The fourth-order valence-corrected chi connectivity index (χ4v) is 3.07. The summed E-state index contributed by atoms with van der Waals surface area (Å²) in [4.78, 5) is 62.3. The molecule has 0 radical (unpaired) electrons. The van der Waals surface area contributed by atoms with Gasteiger partial charge in [0.25, 0.3) is 5.91 Å². The number of amides is 4. The van der Waals surface area contributed by atoms with Crippen molar-refractivity contribution in [2.75, 3.05) is 0 Å². The molecule has 2 unspecified atom stereocenters. The quantitative estimate of drug-likeness (QED) is 0.545. The Morgan fingerprint density at radius 2 is 1.58 bits per heavy atom. The molecule has 3 atom stereocenters. The maximum absolute atomic E-state index is 12.7. The minimum Gasteiger partial charge on any atom is -0.460 e. The summed E-state index contributed by atoms with van der Waals surface area (Å²) in [7, 11) is 0. The van der Waals surface area contributed by atoms with Crippen LogP contribution in [0.2, 0.25) is 0 Å². The van der Waals surface area contributed by atoms with Crippen LogP contribution in [0.15, 0.2) is 0 Å². The van der Waals surface area contributed by atoms with Gasteiger partial charge in [0, 0.05) is 12.8 Å². The molecule has 2 heterocycles. The second-order valence-electron chi connectivity index (χ2n) is 7.75. The summed E-state index contributed by atoms with van der Waals surface area (Å²) < 4.78 is 5.27. The Balaban J connectivity index is 2.24. The van der Waals surface area contributed by atoms with Gasteiger partial charge in [-0.2, -0.15) is 0 Å². The van der Waals surface area contributed by atoms with Crippen LogP contribution in [-0.2, 0) is 28.7 Å². The molecule has 2 fully saturated rings. The first kappa shape index (κ1) is 20.0. The van der Waals surface area contributed by atoms with E-state index in [-0.39, 0.29) is 12.8 Å². The summed E-state index contributed by atoms with van der Waals surface area (Å²) in [5.74, 6) is -4.69. The number of rotatable bonds is 4. The van der Waals surface area contributed by atoms with Gasteiger partial charge in [-0.25, -0.2) is 4.90 Å². The first-order valence-electron chi connectivity index (χ1n) is 8.47. The molecular formula is C17H24N2O7. The third-order valence-electron chi connectivity index (χ3n) is 4.56. The fourth-order valence-electron chi connectivity index (χ4n) is 3.07. The Morgan fingerprint density at radius 1 is 1.08 bits per heavy atom. The predicted octanol–water partition coefficient (Wildman–Crippen LogP) is -0.0508. The molecule has 0 spiro atoms. The molecule has 9 heteroatoms. The lowest BCUT2D eigenvalue weighted by Crippen LogP contribution is -2.58. The molecule has 4 amide bonds. The SMILES string of the molecule is CC(C(=O)OC(C)(C)C)[C@@H](C)N1C(=O)CC(O)(N2C(=O)CCC2=O)C1=O. The van der Waals surface area contributed by atoms with E-state index in [4.69, 9.17) is 4.74 Å². The number of hydrogen-bond acceptors (Lipinski definition) is 7. The summed E-state index contributed by atoms with van der Waals surface area (Å²) in [6.07, 6.45) is -0.951. The molecular weight excluding hydrogens is 344 g/mol. The van der Waals surface area contributed by atoms with Gasteiger partial charge in [0.05, 0.1) is 18.4 Å². The number of carbonyl (C=O) groups excluding carboxylic acids is 5. The van der Waals surface area contributed by atoms with E-state index < -0.39 is 59.3 Å². The average molecular weight is 368 g/mol. The van der Waals surface area contributed by atoms with Crippen LogP contribution in [0, 0.1) is 5.92 Å². The highest BCUT2D eigenvalue weighted by Gasteiger charge is 2.60. The van der Waals surface area contributed by atoms with Crippen molar-refractivity contribution in [1.29, 1.82) is 0 Å². The Kier molecular flexibility index (Phi) is 4.97. The Labute approximate surface area is 151 Å². The molecule has 0 aromatic carbocycles. The molecule has 1 N–H and O–H groups in total. The Bertz CT molecular complexity index is 665. The lowest BCUT2D eigenvalue weighted by Gasteiger charge is -2.32. The van der Waals surface area contributed by atoms with Crippen molar-refractivity contribution in [2.45, 2.75) is 71.2 Å². The van der Waals surface area contributed by atoms with Crippen LogP contribution in [-0.4, -0.2) is 61.9 Å². The zero-order valence-corrected chi connectivity index (χ0v) is 15.6. The highest BCUT2D eigenvalue weighted by atomic mass is 16.6. The van der Waals surface area contributed by atoms with Gasteiger partial charge < -0.3 is 9.84 Å². The average Bonchev–Trinajstić information content (AvgIpc) is 2.93. The van der Waals surface area contributed by atoms with Crippen molar-refractivity contribution in [1.82, 2.24) is 9.80 Å². The van der Waals surface area contributed by atoms with Gasteiger partial charge >= 0.3 is 5.97 Å². The molecule has 0 aromatic heterocycles. The third-order valence-corrected chi connectivity index (χ3v) is 4.56. The molecule has 9 nitrogen and oxygen atoms in total. The van der Waals surface area contributed by atoms with Gasteiger partial charge in [-0.3, -0.25) is 28.9 Å². The zero-order chi connectivity index (χ0) is 20.0. The second kappa shape index (κ2) is 6.46. The van der Waals surface area contributed by atoms with E-state index in [0.29, 0.717) is 4.90 Å². The number of hydrogen-bond donors (Lipinski definition) is 1. The lowest BCUT2D eigenvalue weighted by atomic mass is 10.0. The van der Waals surface area contributed by atoms with E-state index in [1.54, 1.807) is 20.8 Å². The summed E-state index contributed by atoms with van der Waals surface area (Å²) in [6, 6.07) is -0.910. The Hall–Kier alpha value is -2.29. The highest BCUT2D eigenvalue weighted by molar-refractivity contribution is 6.14. The van der Waals surface area contributed by atoms with E-state index in [0.717, 1.165) is 4.90 Å². The van der Waals surface area contributed by atoms with Crippen molar-refractivity contribution in [3.63, 3.8) is 0 Å². The van der Waals surface area contributed by atoms with E-state index in [1.165, 1.54) is 13.8 Å². The van der Waals surface area contributed by atoms with Crippen LogP contribution in [0.4, 0.5) is 0 Å². The van der Waals surface area contributed by atoms with E-state index >= 15 is 0 Å². The van der Waals surface area contributed by atoms with Gasteiger partial charge in [0.1, 0.15) is 5.60 Å². The van der Waals surface area contributed by atoms with Crippen molar-refractivity contribution >= 4 is 29.6 Å². The number of aliphatic hydroxyl groups is 1. The molecule has 2 aliphatic heterocycles. The minimum absolute atomic E-state index is 0.119. The Morgan fingerprint density at radius 3 is 2.04 bits per heavy atom. The number of esters is 1. The van der Waals surface area contributed by atoms with Crippen LogP contribution < -0.4 is 0 Å². The van der Waals surface area contributed by atoms with E-state index in [2.05, 4.69) is 0 Å². The second-order valence-corrected chi connectivity index (χ2v) is 7.75. The third kappa shape index (κ3) is 3.35. The molecule has 0 aliphatic carbocycles. The normalized spacial score (nSPS) is 26.5. The summed E-state index contributed by atoms with van der Waals surface area (Å²) >= 11 is 0. The number of ether oxygens (including phenoxy) is 1.